The molecule has 1 amide bonds. The summed E-state index contributed by atoms with van der Waals surface area (Å²) >= 11 is 6.16. The van der Waals surface area contributed by atoms with Crippen LogP contribution >= 0.6 is 11.6 Å². The van der Waals surface area contributed by atoms with Crippen LogP contribution in [-0.4, -0.2) is 25.1 Å². The number of benzene rings is 1. The minimum atomic E-state index is -0.616. The number of nitrogens with one attached hydrogen (secondary N) is 2. The summed E-state index contributed by atoms with van der Waals surface area (Å²) in [5, 5.41) is 6.41. The SMILES string of the molecule is C=CCNC(=O)C(C)Oc1c(Cl)cccc1CNCC. The number of carbonyl (C=O) groups is 1. The molecule has 0 bridgehead atoms. The smallest absolute Gasteiger partial charge is 0.261 e. The summed E-state index contributed by atoms with van der Waals surface area (Å²) in [7, 11) is 0. The highest BCUT2D eigenvalue weighted by atomic mass is 35.5. The highest BCUT2D eigenvalue weighted by Crippen LogP contribution is 2.29. The van der Waals surface area contributed by atoms with E-state index >= 15 is 0 Å². The van der Waals surface area contributed by atoms with Crippen molar-refractivity contribution in [3.8, 4) is 5.75 Å². The highest BCUT2D eigenvalue weighted by molar-refractivity contribution is 6.32. The molecule has 0 fully saturated rings. The monoisotopic (exact) mass is 296 g/mol. The maximum absolute atomic E-state index is 11.8. The van der Waals surface area contributed by atoms with E-state index in [1.807, 2.05) is 19.1 Å². The zero-order valence-corrected chi connectivity index (χ0v) is 12.7. The Morgan fingerprint density at radius 2 is 2.30 bits per heavy atom. The van der Waals surface area contributed by atoms with Crippen molar-refractivity contribution in [3.05, 3.63) is 41.4 Å². The molecule has 1 aromatic carbocycles. The van der Waals surface area contributed by atoms with E-state index in [1.165, 1.54) is 0 Å². The first-order valence-electron chi connectivity index (χ1n) is 6.63. The van der Waals surface area contributed by atoms with Gasteiger partial charge in [0.05, 0.1) is 5.02 Å². The van der Waals surface area contributed by atoms with Crippen LogP contribution in [0.15, 0.2) is 30.9 Å². The second kappa shape index (κ2) is 8.61. The number of rotatable bonds is 8. The Balaban J connectivity index is 2.79. The average molecular weight is 297 g/mol. The summed E-state index contributed by atoms with van der Waals surface area (Å²) < 4.78 is 5.71. The van der Waals surface area contributed by atoms with Crippen molar-refractivity contribution in [2.75, 3.05) is 13.1 Å². The van der Waals surface area contributed by atoms with Crippen LogP contribution in [0.1, 0.15) is 19.4 Å². The lowest BCUT2D eigenvalue weighted by atomic mass is 10.2. The van der Waals surface area contributed by atoms with Crippen LogP contribution in [0.4, 0.5) is 0 Å². The Morgan fingerprint density at radius 3 is 2.95 bits per heavy atom. The van der Waals surface area contributed by atoms with Gasteiger partial charge in [0.1, 0.15) is 5.75 Å². The fourth-order valence-electron chi connectivity index (χ4n) is 1.63. The van der Waals surface area contributed by atoms with E-state index in [4.69, 9.17) is 16.3 Å². The summed E-state index contributed by atoms with van der Waals surface area (Å²) in [6.45, 7) is 9.18. The first kappa shape index (κ1) is 16.5. The molecule has 1 aromatic rings. The molecule has 1 atom stereocenters. The van der Waals surface area contributed by atoms with Gasteiger partial charge in [-0.05, 0) is 19.5 Å². The fourth-order valence-corrected chi connectivity index (χ4v) is 1.87. The van der Waals surface area contributed by atoms with E-state index in [1.54, 1.807) is 19.1 Å². The zero-order valence-electron chi connectivity index (χ0n) is 11.9. The van der Waals surface area contributed by atoms with E-state index in [0.717, 1.165) is 12.1 Å². The molecule has 0 spiro atoms. The van der Waals surface area contributed by atoms with Crippen molar-refractivity contribution in [1.82, 2.24) is 10.6 Å². The van der Waals surface area contributed by atoms with Gasteiger partial charge in [0.15, 0.2) is 6.10 Å². The molecule has 2 N–H and O–H groups in total. The lowest BCUT2D eigenvalue weighted by Crippen LogP contribution is -2.36. The number of hydrogen-bond acceptors (Lipinski definition) is 3. The number of para-hydroxylation sites is 1. The van der Waals surface area contributed by atoms with Crippen molar-refractivity contribution >= 4 is 17.5 Å². The molecule has 0 aliphatic carbocycles. The summed E-state index contributed by atoms with van der Waals surface area (Å²) in [4.78, 5) is 11.8. The zero-order chi connectivity index (χ0) is 15.0. The van der Waals surface area contributed by atoms with E-state index in [9.17, 15) is 4.79 Å². The molecule has 5 heteroatoms. The third-order valence-electron chi connectivity index (χ3n) is 2.70. The van der Waals surface area contributed by atoms with Crippen LogP contribution in [-0.2, 0) is 11.3 Å². The lowest BCUT2D eigenvalue weighted by molar-refractivity contribution is -0.127. The maximum atomic E-state index is 11.8. The molecule has 1 unspecified atom stereocenters. The Hall–Kier alpha value is -1.52. The Labute approximate surface area is 125 Å². The number of carbonyl (C=O) groups excluding carboxylic acids is 1. The normalized spacial score (nSPS) is 11.8. The van der Waals surface area contributed by atoms with Crippen LogP contribution in [0, 0.1) is 0 Å². The van der Waals surface area contributed by atoms with Crippen LogP contribution < -0.4 is 15.4 Å². The van der Waals surface area contributed by atoms with Crippen molar-refractivity contribution in [1.29, 1.82) is 0 Å². The molecule has 0 aliphatic heterocycles. The van der Waals surface area contributed by atoms with Gasteiger partial charge in [0.2, 0.25) is 0 Å². The third kappa shape index (κ3) is 4.87. The summed E-state index contributed by atoms with van der Waals surface area (Å²) in [6.07, 6.45) is 1.01. The second-order valence-corrected chi connectivity index (χ2v) is 4.71. The second-order valence-electron chi connectivity index (χ2n) is 4.30. The number of halogens is 1. The van der Waals surface area contributed by atoms with Gasteiger partial charge in [-0.15, -0.1) is 6.58 Å². The van der Waals surface area contributed by atoms with Gasteiger partial charge in [0, 0.05) is 18.7 Å². The van der Waals surface area contributed by atoms with Crippen molar-refractivity contribution in [3.63, 3.8) is 0 Å². The van der Waals surface area contributed by atoms with Crippen molar-refractivity contribution < 1.29 is 9.53 Å². The summed E-state index contributed by atoms with van der Waals surface area (Å²) in [5.41, 5.74) is 0.933. The minimum Gasteiger partial charge on any atom is -0.479 e. The molecule has 0 saturated carbocycles. The topological polar surface area (TPSA) is 50.4 Å². The van der Waals surface area contributed by atoms with Gasteiger partial charge in [-0.1, -0.05) is 36.7 Å². The predicted octanol–water partition coefficient (Wildman–Crippen LogP) is 2.52. The van der Waals surface area contributed by atoms with Crippen molar-refractivity contribution in [2.24, 2.45) is 0 Å². The quantitative estimate of drug-likeness (QED) is 0.725. The largest absolute Gasteiger partial charge is 0.479 e. The Bertz CT molecular complexity index is 463. The van der Waals surface area contributed by atoms with Crippen LogP contribution in [0.25, 0.3) is 0 Å². The molecule has 0 heterocycles. The Morgan fingerprint density at radius 1 is 1.55 bits per heavy atom. The molecule has 0 saturated heterocycles. The number of amides is 1. The van der Waals surface area contributed by atoms with E-state index in [-0.39, 0.29) is 5.91 Å². The standard InChI is InChI=1S/C15H21ClN2O2/c1-4-9-18-15(19)11(3)20-14-12(10-17-5-2)7-6-8-13(14)16/h4,6-8,11,17H,1,5,9-10H2,2-3H3,(H,18,19). The third-order valence-corrected chi connectivity index (χ3v) is 3.00. The van der Waals surface area contributed by atoms with Gasteiger partial charge >= 0.3 is 0 Å². The molecular weight excluding hydrogens is 276 g/mol. The Kier molecular flexibility index (Phi) is 7.12. The van der Waals surface area contributed by atoms with Gasteiger partial charge < -0.3 is 15.4 Å². The molecular formula is C15H21ClN2O2. The van der Waals surface area contributed by atoms with Gasteiger partial charge in [-0.25, -0.2) is 0 Å². The predicted molar refractivity (Wildman–Crippen MR) is 82.1 cm³/mol. The molecule has 0 radical (unpaired) electrons. The van der Waals surface area contributed by atoms with Gasteiger partial charge in [-0.2, -0.15) is 0 Å². The number of hydrogen-bond donors (Lipinski definition) is 2. The first-order valence-corrected chi connectivity index (χ1v) is 7.01. The summed E-state index contributed by atoms with van der Waals surface area (Å²) in [5.74, 6) is 0.357. The molecule has 20 heavy (non-hydrogen) atoms. The average Bonchev–Trinajstić information content (AvgIpc) is 2.45. The fraction of sp³-hybridized carbons (Fsp3) is 0.400. The lowest BCUT2D eigenvalue weighted by Gasteiger charge is -2.18. The molecule has 1 rings (SSSR count). The molecule has 0 aliphatic rings. The van der Waals surface area contributed by atoms with Crippen molar-refractivity contribution in [2.45, 2.75) is 26.5 Å². The van der Waals surface area contributed by atoms with Crippen LogP contribution in [0.2, 0.25) is 5.02 Å². The van der Waals surface area contributed by atoms with Crippen LogP contribution in [0.3, 0.4) is 0 Å². The number of ether oxygens (including phenoxy) is 1. The molecule has 110 valence electrons. The van der Waals surface area contributed by atoms with E-state index in [2.05, 4.69) is 17.2 Å². The van der Waals surface area contributed by atoms with Gasteiger partial charge in [-0.3, -0.25) is 4.79 Å². The maximum Gasteiger partial charge on any atom is 0.261 e. The van der Waals surface area contributed by atoms with Gasteiger partial charge in [0.25, 0.3) is 5.91 Å². The molecule has 0 aromatic heterocycles. The highest BCUT2D eigenvalue weighted by Gasteiger charge is 2.17. The van der Waals surface area contributed by atoms with Crippen LogP contribution in [0.5, 0.6) is 5.75 Å². The van der Waals surface area contributed by atoms with E-state index < -0.39 is 6.10 Å². The first-order chi connectivity index (χ1) is 9.60. The molecule has 4 nitrogen and oxygen atoms in total. The summed E-state index contributed by atoms with van der Waals surface area (Å²) in [6, 6.07) is 5.54. The van der Waals surface area contributed by atoms with E-state index in [0.29, 0.717) is 23.9 Å². The minimum absolute atomic E-state index is 0.195.